The van der Waals surface area contributed by atoms with Gasteiger partial charge in [-0.2, -0.15) is 0 Å². The molecular weight excluding hydrogens is 397 g/mol. The zero-order chi connectivity index (χ0) is 16.2. The average Bonchev–Trinajstić information content (AvgIpc) is 3.22. The Kier molecular flexibility index (Phi) is 5.25. The smallest absolute Gasteiger partial charge is 0.255 e. The van der Waals surface area contributed by atoms with Gasteiger partial charge < -0.3 is 4.90 Å². The average molecular weight is 410 g/mol. The molecule has 0 saturated heterocycles. The number of nitrogens with zero attached hydrogens (tertiary/aromatic N) is 1. The number of rotatable bonds is 5. The van der Waals surface area contributed by atoms with Crippen LogP contribution in [0.2, 0.25) is 0 Å². The molecule has 0 spiro atoms. The topological polar surface area (TPSA) is 20.3 Å². The van der Waals surface area contributed by atoms with Crippen LogP contribution in [0.25, 0.3) is 0 Å². The predicted molar refractivity (Wildman–Crippen MR) is 96.3 cm³/mol. The van der Waals surface area contributed by atoms with Gasteiger partial charge in [-0.25, -0.2) is 4.39 Å². The summed E-state index contributed by atoms with van der Waals surface area (Å²) >= 11 is 6.56. The van der Waals surface area contributed by atoms with Gasteiger partial charge in [-0.1, -0.05) is 12.1 Å². The predicted octanol–water partition coefficient (Wildman–Crippen LogP) is 5.55. The molecule has 0 fully saturated rings. The zero-order valence-electron chi connectivity index (χ0n) is 12.0. The van der Waals surface area contributed by atoms with Crippen molar-refractivity contribution in [2.75, 3.05) is 0 Å². The fourth-order valence-electron chi connectivity index (χ4n) is 2.21. The molecule has 2 heterocycles. The first-order chi connectivity index (χ1) is 11.1. The second-order valence-electron chi connectivity index (χ2n) is 4.94. The van der Waals surface area contributed by atoms with Crippen molar-refractivity contribution in [3.8, 4) is 0 Å². The summed E-state index contributed by atoms with van der Waals surface area (Å²) in [5.74, 6) is -0.595. The monoisotopic (exact) mass is 409 g/mol. The highest BCUT2D eigenvalue weighted by Gasteiger charge is 2.20. The molecule has 2 nitrogen and oxygen atoms in total. The maximum atomic E-state index is 13.5. The second-order valence-corrected chi connectivity index (χ2v) is 7.86. The summed E-state index contributed by atoms with van der Waals surface area (Å²) in [7, 11) is 0. The minimum atomic E-state index is -0.413. The van der Waals surface area contributed by atoms with E-state index in [2.05, 4.69) is 15.9 Å². The fraction of sp³-hybridized carbons (Fsp3) is 0.118. The quantitative estimate of drug-likeness (QED) is 0.540. The van der Waals surface area contributed by atoms with Crippen molar-refractivity contribution in [3.63, 3.8) is 0 Å². The van der Waals surface area contributed by atoms with Gasteiger partial charge in [0.2, 0.25) is 0 Å². The molecule has 0 bridgehead atoms. The fourth-order valence-corrected chi connectivity index (χ4v) is 4.07. The summed E-state index contributed by atoms with van der Waals surface area (Å²) in [6.07, 6.45) is 0. The van der Waals surface area contributed by atoms with Gasteiger partial charge in [0.1, 0.15) is 5.82 Å². The summed E-state index contributed by atoms with van der Waals surface area (Å²) in [4.78, 5) is 16.9. The maximum absolute atomic E-state index is 13.5. The van der Waals surface area contributed by atoms with Crippen molar-refractivity contribution in [3.05, 3.63) is 78.8 Å². The SMILES string of the molecule is O=C(c1cc(F)ccc1Br)N(Cc1cccs1)Cc1cccs1. The summed E-state index contributed by atoms with van der Waals surface area (Å²) in [5, 5.41) is 3.97. The summed E-state index contributed by atoms with van der Waals surface area (Å²) in [6.45, 7) is 1.02. The highest BCUT2D eigenvalue weighted by Crippen LogP contribution is 2.24. The molecule has 0 N–H and O–H groups in total. The van der Waals surface area contributed by atoms with Crippen LogP contribution in [0.15, 0.2) is 57.7 Å². The molecule has 3 aromatic rings. The first-order valence-corrected chi connectivity index (χ1v) is 9.48. The van der Waals surface area contributed by atoms with Gasteiger partial charge in [0.05, 0.1) is 18.7 Å². The van der Waals surface area contributed by atoms with E-state index < -0.39 is 5.82 Å². The van der Waals surface area contributed by atoms with Gasteiger partial charge in [-0.15, -0.1) is 22.7 Å². The minimum absolute atomic E-state index is 0.182. The van der Waals surface area contributed by atoms with Crippen molar-refractivity contribution in [2.45, 2.75) is 13.1 Å². The Hall–Kier alpha value is -1.50. The van der Waals surface area contributed by atoms with E-state index in [0.29, 0.717) is 23.1 Å². The van der Waals surface area contributed by atoms with Crippen LogP contribution in [0.1, 0.15) is 20.1 Å². The summed E-state index contributed by atoms with van der Waals surface area (Å²) < 4.78 is 14.1. The lowest BCUT2D eigenvalue weighted by atomic mass is 10.2. The lowest BCUT2D eigenvalue weighted by Crippen LogP contribution is -2.29. The summed E-state index contributed by atoms with van der Waals surface area (Å²) in [6, 6.07) is 12.1. The van der Waals surface area contributed by atoms with Crippen LogP contribution in [0.3, 0.4) is 0 Å². The number of hydrogen-bond donors (Lipinski definition) is 0. The Balaban J connectivity index is 1.89. The first-order valence-electron chi connectivity index (χ1n) is 6.92. The van der Waals surface area contributed by atoms with Crippen LogP contribution in [-0.2, 0) is 13.1 Å². The van der Waals surface area contributed by atoms with Crippen molar-refractivity contribution in [1.29, 1.82) is 0 Å². The summed E-state index contributed by atoms with van der Waals surface area (Å²) in [5.41, 5.74) is 0.345. The Morgan fingerprint density at radius 2 is 1.65 bits per heavy atom. The molecule has 118 valence electrons. The van der Waals surface area contributed by atoms with Crippen LogP contribution in [0, 0.1) is 5.82 Å². The van der Waals surface area contributed by atoms with Crippen LogP contribution < -0.4 is 0 Å². The molecule has 0 aliphatic rings. The second kappa shape index (κ2) is 7.38. The van der Waals surface area contributed by atoms with Gasteiger partial charge >= 0.3 is 0 Å². The molecule has 1 amide bonds. The molecule has 0 unspecified atom stereocenters. The van der Waals surface area contributed by atoms with Gasteiger partial charge in [0, 0.05) is 14.2 Å². The zero-order valence-corrected chi connectivity index (χ0v) is 15.3. The van der Waals surface area contributed by atoms with Crippen LogP contribution >= 0.6 is 38.6 Å². The number of carbonyl (C=O) groups is 1. The largest absolute Gasteiger partial charge is 0.328 e. The van der Waals surface area contributed by atoms with Crippen LogP contribution in [0.5, 0.6) is 0 Å². The molecule has 6 heteroatoms. The highest BCUT2D eigenvalue weighted by molar-refractivity contribution is 9.10. The third-order valence-electron chi connectivity index (χ3n) is 3.30. The van der Waals surface area contributed by atoms with Crippen molar-refractivity contribution >= 4 is 44.5 Å². The van der Waals surface area contributed by atoms with E-state index in [1.165, 1.54) is 12.1 Å². The van der Waals surface area contributed by atoms with Gasteiger partial charge in [-0.3, -0.25) is 4.79 Å². The van der Waals surface area contributed by atoms with Gasteiger partial charge in [-0.05, 0) is 57.0 Å². The van der Waals surface area contributed by atoms with E-state index in [1.807, 2.05) is 35.0 Å². The number of halogens is 2. The molecule has 0 aliphatic heterocycles. The lowest BCUT2D eigenvalue weighted by molar-refractivity contribution is 0.0732. The molecule has 0 saturated carbocycles. The van der Waals surface area contributed by atoms with E-state index in [0.717, 1.165) is 9.75 Å². The van der Waals surface area contributed by atoms with E-state index >= 15 is 0 Å². The van der Waals surface area contributed by atoms with E-state index in [9.17, 15) is 9.18 Å². The number of benzene rings is 1. The maximum Gasteiger partial charge on any atom is 0.255 e. The minimum Gasteiger partial charge on any atom is -0.328 e. The lowest BCUT2D eigenvalue weighted by Gasteiger charge is -2.22. The van der Waals surface area contributed by atoms with Crippen LogP contribution in [0.4, 0.5) is 4.39 Å². The molecule has 0 aliphatic carbocycles. The van der Waals surface area contributed by atoms with Crippen LogP contribution in [-0.4, -0.2) is 10.8 Å². The Labute approximate surface area is 150 Å². The standard InChI is InChI=1S/C17H13BrFNOS2/c18-16-6-5-12(19)9-15(16)17(21)20(10-13-3-1-7-22-13)11-14-4-2-8-23-14/h1-9H,10-11H2. The Bertz CT molecular complexity index is 751. The molecular formula is C17H13BrFNOS2. The molecule has 1 aromatic carbocycles. The molecule has 23 heavy (non-hydrogen) atoms. The van der Waals surface area contributed by atoms with E-state index in [1.54, 1.807) is 33.6 Å². The van der Waals surface area contributed by atoms with Crippen molar-refractivity contribution in [1.82, 2.24) is 4.90 Å². The normalized spacial score (nSPS) is 10.7. The highest BCUT2D eigenvalue weighted by atomic mass is 79.9. The molecule has 0 radical (unpaired) electrons. The van der Waals surface area contributed by atoms with Gasteiger partial charge in [0.25, 0.3) is 5.91 Å². The van der Waals surface area contributed by atoms with Gasteiger partial charge in [0.15, 0.2) is 0 Å². The van der Waals surface area contributed by atoms with E-state index in [-0.39, 0.29) is 5.91 Å². The number of carbonyl (C=O) groups excluding carboxylic acids is 1. The number of hydrogen-bond acceptors (Lipinski definition) is 3. The van der Waals surface area contributed by atoms with E-state index in [4.69, 9.17) is 0 Å². The molecule has 0 atom stereocenters. The Morgan fingerprint density at radius 3 is 2.17 bits per heavy atom. The van der Waals surface area contributed by atoms with Crippen molar-refractivity contribution in [2.24, 2.45) is 0 Å². The molecule has 3 rings (SSSR count). The third-order valence-corrected chi connectivity index (χ3v) is 5.71. The third kappa shape index (κ3) is 4.07. The Morgan fingerprint density at radius 1 is 1.04 bits per heavy atom. The number of thiophene rings is 2. The van der Waals surface area contributed by atoms with Crippen molar-refractivity contribution < 1.29 is 9.18 Å². The first kappa shape index (κ1) is 16.4. The molecule has 2 aromatic heterocycles. The number of amides is 1.